The Morgan fingerprint density at radius 2 is 1.80 bits per heavy atom. The van der Waals surface area contributed by atoms with Crippen LogP contribution in [-0.4, -0.2) is 17.2 Å². The molecule has 88 valence electrons. The summed E-state index contributed by atoms with van der Waals surface area (Å²) in [5, 5.41) is 11.4. The van der Waals surface area contributed by atoms with Crippen molar-refractivity contribution in [2.75, 3.05) is 0 Å². The van der Waals surface area contributed by atoms with Crippen molar-refractivity contribution >= 4 is 6.09 Å². The van der Waals surface area contributed by atoms with E-state index in [4.69, 9.17) is 5.11 Å². The molecule has 1 saturated carbocycles. The first kappa shape index (κ1) is 12.3. The van der Waals surface area contributed by atoms with Crippen LogP contribution in [0.4, 0.5) is 4.79 Å². The molecule has 1 atom stereocenters. The summed E-state index contributed by atoms with van der Waals surface area (Å²) in [5.74, 6) is 0.561. The first-order valence-corrected chi connectivity index (χ1v) is 6.23. The van der Waals surface area contributed by atoms with Crippen molar-refractivity contribution in [2.24, 2.45) is 5.92 Å². The van der Waals surface area contributed by atoms with Gasteiger partial charge in [-0.1, -0.05) is 39.0 Å². The van der Waals surface area contributed by atoms with Gasteiger partial charge in [0.2, 0.25) is 0 Å². The predicted molar refractivity (Wildman–Crippen MR) is 61.0 cm³/mol. The maximum absolute atomic E-state index is 10.7. The molecule has 0 radical (unpaired) electrons. The van der Waals surface area contributed by atoms with Gasteiger partial charge in [0.1, 0.15) is 0 Å². The highest BCUT2D eigenvalue weighted by molar-refractivity contribution is 5.64. The van der Waals surface area contributed by atoms with Crippen LogP contribution < -0.4 is 5.32 Å². The molecule has 1 rings (SSSR count). The maximum Gasteiger partial charge on any atom is 0.404 e. The molecule has 0 spiro atoms. The predicted octanol–water partition coefficient (Wildman–Crippen LogP) is 3.39. The molecular weight excluding hydrogens is 190 g/mol. The maximum atomic E-state index is 10.7. The lowest BCUT2D eigenvalue weighted by Gasteiger charge is -2.27. The molecule has 1 unspecified atom stereocenters. The zero-order valence-corrected chi connectivity index (χ0v) is 9.67. The molecule has 0 saturated heterocycles. The normalized spacial score (nSPS) is 21.4. The van der Waals surface area contributed by atoms with Gasteiger partial charge >= 0.3 is 6.09 Å². The highest BCUT2D eigenvalue weighted by Crippen LogP contribution is 2.26. The lowest BCUT2D eigenvalue weighted by molar-refractivity contribution is 0.179. The first-order valence-electron chi connectivity index (χ1n) is 6.23. The zero-order valence-electron chi connectivity index (χ0n) is 9.67. The Morgan fingerprint density at radius 3 is 2.27 bits per heavy atom. The van der Waals surface area contributed by atoms with Gasteiger partial charge in [-0.05, 0) is 25.2 Å². The molecule has 1 aliphatic rings. The average Bonchev–Trinajstić information content (AvgIpc) is 2.14. The number of hydrogen-bond donors (Lipinski definition) is 2. The van der Waals surface area contributed by atoms with E-state index in [2.05, 4.69) is 12.2 Å². The SMILES string of the molecule is CCC(NC(=O)O)C1CCCCCCC1. The fourth-order valence-electron chi connectivity index (χ4n) is 2.60. The highest BCUT2D eigenvalue weighted by atomic mass is 16.4. The smallest absolute Gasteiger partial charge is 0.404 e. The number of hydrogen-bond acceptors (Lipinski definition) is 1. The topological polar surface area (TPSA) is 49.3 Å². The Hall–Kier alpha value is -0.730. The van der Waals surface area contributed by atoms with Gasteiger partial charge in [0.05, 0.1) is 0 Å². The summed E-state index contributed by atoms with van der Waals surface area (Å²) >= 11 is 0. The molecule has 0 aliphatic heterocycles. The summed E-state index contributed by atoms with van der Waals surface area (Å²) in [6.45, 7) is 2.07. The summed E-state index contributed by atoms with van der Waals surface area (Å²) in [7, 11) is 0. The van der Waals surface area contributed by atoms with Crippen LogP contribution in [0, 0.1) is 5.92 Å². The monoisotopic (exact) mass is 213 g/mol. The average molecular weight is 213 g/mol. The summed E-state index contributed by atoms with van der Waals surface area (Å²) < 4.78 is 0. The minimum atomic E-state index is -0.871. The van der Waals surface area contributed by atoms with E-state index in [9.17, 15) is 4.79 Å². The molecule has 0 aromatic heterocycles. The third kappa shape index (κ3) is 4.54. The molecular formula is C12H23NO2. The summed E-state index contributed by atoms with van der Waals surface area (Å²) in [5.41, 5.74) is 0. The van der Waals surface area contributed by atoms with Crippen LogP contribution in [0.15, 0.2) is 0 Å². The van der Waals surface area contributed by atoms with Crippen molar-refractivity contribution in [3.8, 4) is 0 Å². The van der Waals surface area contributed by atoms with E-state index < -0.39 is 6.09 Å². The molecule has 1 aliphatic carbocycles. The van der Waals surface area contributed by atoms with E-state index >= 15 is 0 Å². The minimum absolute atomic E-state index is 0.167. The number of nitrogens with one attached hydrogen (secondary N) is 1. The number of rotatable bonds is 3. The van der Waals surface area contributed by atoms with E-state index in [1.54, 1.807) is 0 Å². The van der Waals surface area contributed by atoms with Crippen molar-refractivity contribution in [2.45, 2.75) is 64.3 Å². The van der Waals surface area contributed by atoms with Crippen LogP contribution in [0.2, 0.25) is 0 Å². The van der Waals surface area contributed by atoms with Crippen molar-refractivity contribution in [3.05, 3.63) is 0 Å². The second-order valence-corrected chi connectivity index (χ2v) is 4.57. The van der Waals surface area contributed by atoms with Crippen molar-refractivity contribution in [1.29, 1.82) is 0 Å². The first-order chi connectivity index (χ1) is 7.24. The summed E-state index contributed by atoms with van der Waals surface area (Å²) in [4.78, 5) is 10.7. The third-order valence-corrected chi connectivity index (χ3v) is 3.47. The van der Waals surface area contributed by atoms with Crippen molar-refractivity contribution < 1.29 is 9.90 Å². The van der Waals surface area contributed by atoms with Crippen LogP contribution in [0.25, 0.3) is 0 Å². The Labute approximate surface area is 92.3 Å². The second-order valence-electron chi connectivity index (χ2n) is 4.57. The fourth-order valence-corrected chi connectivity index (χ4v) is 2.60. The largest absolute Gasteiger partial charge is 0.465 e. The van der Waals surface area contributed by atoms with Gasteiger partial charge in [-0.2, -0.15) is 0 Å². The molecule has 1 amide bonds. The van der Waals surface area contributed by atoms with E-state index in [0.717, 1.165) is 6.42 Å². The van der Waals surface area contributed by atoms with Crippen LogP contribution in [0.1, 0.15) is 58.3 Å². The van der Waals surface area contributed by atoms with E-state index in [1.165, 1.54) is 44.9 Å². The highest BCUT2D eigenvalue weighted by Gasteiger charge is 2.21. The molecule has 0 bridgehead atoms. The van der Waals surface area contributed by atoms with Gasteiger partial charge in [-0.15, -0.1) is 0 Å². The minimum Gasteiger partial charge on any atom is -0.465 e. The lowest BCUT2D eigenvalue weighted by Crippen LogP contribution is -2.39. The molecule has 0 heterocycles. The lowest BCUT2D eigenvalue weighted by atomic mass is 9.85. The Kier molecular flexibility index (Phi) is 5.51. The van der Waals surface area contributed by atoms with Crippen LogP contribution in [0.3, 0.4) is 0 Å². The van der Waals surface area contributed by atoms with E-state index in [-0.39, 0.29) is 6.04 Å². The van der Waals surface area contributed by atoms with Crippen molar-refractivity contribution in [3.63, 3.8) is 0 Å². The third-order valence-electron chi connectivity index (χ3n) is 3.47. The summed E-state index contributed by atoms with van der Waals surface area (Å²) in [6.07, 6.45) is 8.96. The van der Waals surface area contributed by atoms with Crippen LogP contribution in [0.5, 0.6) is 0 Å². The van der Waals surface area contributed by atoms with Crippen LogP contribution in [-0.2, 0) is 0 Å². The standard InChI is InChI=1S/C12H23NO2/c1-2-11(13-12(14)15)10-8-6-4-3-5-7-9-10/h10-11,13H,2-9H2,1H3,(H,14,15). The van der Waals surface area contributed by atoms with Gasteiger partial charge in [-0.3, -0.25) is 0 Å². The van der Waals surface area contributed by atoms with Gasteiger partial charge in [0.25, 0.3) is 0 Å². The van der Waals surface area contributed by atoms with E-state index in [0.29, 0.717) is 5.92 Å². The van der Waals surface area contributed by atoms with E-state index in [1.807, 2.05) is 0 Å². The van der Waals surface area contributed by atoms with Gasteiger partial charge < -0.3 is 10.4 Å². The zero-order chi connectivity index (χ0) is 11.1. The Bertz CT molecular complexity index is 186. The van der Waals surface area contributed by atoms with Crippen molar-refractivity contribution in [1.82, 2.24) is 5.32 Å². The number of carboxylic acid groups (broad SMARTS) is 1. The number of amides is 1. The quantitative estimate of drug-likeness (QED) is 0.755. The molecule has 3 heteroatoms. The Morgan fingerprint density at radius 1 is 1.27 bits per heavy atom. The molecule has 1 fully saturated rings. The molecule has 3 nitrogen and oxygen atoms in total. The molecule has 0 aromatic rings. The van der Waals surface area contributed by atoms with Crippen LogP contribution >= 0.6 is 0 Å². The number of carbonyl (C=O) groups is 1. The van der Waals surface area contributed by atoms with Gasteiger partial charge in [0.15, 0.2) is 0 Å². The Balaban J connectivity index is 2.44. The molecule has 2 N–H and O–H groups in total. The second kappa shape index (κ2) is 6.70. The molecule has 0 aromatic carbocycles. The fraction of sp³-hybridized carbons (Fsp3) is 0.917. The summed E-state index contributed by atoms with van der Waals surface area (Å²) in [6, 6.07) is 0.167. The molecule has 15 heavy (non-hydrogen) atoms. The van der Waals surface area contributed by atoms with Gasteiger partial charge in [-0.25, -0.2) is 4.79 Å². The van der Waals surface area contributed by atoms with Gasteiger partial charge in [0, 0.05) is 6.04 Å².